The first-order valence-electron chi connectivity index (χ1n) is 4.25. The lowest BCUT2D eigenvalue weighted by molar-refractivity contribution is 0.326. The Morgan fingerprint density at radius 3 is 2.62 bits per heavy atom. The lowest BCUT2D eigenvalue weighted by Gasteiger charge is -2.11. The Bertz CT molecular complexity index is 299. The van der Waals surface area contributed by atoms with Crippen molar-refractivity contribution in [3.8, 4) is 5.75 Å². The molecule has 1 rings (SSSR count). The molecule has 0 amide bonds. The third kappa shape index (κ3) is 2.45. The van der Waals surface area contributed by atoms with E-state index in [1.807, 2.05) is 19.1 Å². The molecule has 1 aromatic carbocycles. The maximum absolute atomic E-state index is 5.48. The summed E-state index contributed by atoms with van der Waals surface area (Å²) in [6, 6.07) is 3.95. The van der Waals surface area contributed by atoms with Gasteiger partial charge in [0.1, 0.15) is 12.4 Å². The van der Waals surface area contributed by atoms with Crippen LogP contribution in [0.3, 0.4) is 0 Å². The first-order valence-corrected chi connectivity index (χ1v) is 5.04. The third-order valence-electron chi connectivity index (χ3n) is 2.05. The van der Waals surface area contributed by atoms with Gasteiger partial charge in [0, 0.05) is 11.0 Å². The Morgan fingerprint density at radius 2 is 2.00 bits per heavy atom. The predicted molar refractivity (Wildman–Crippen MR) is 58.2 cm³/mol. The molecule has 0 spiro atoms. The quantitative estimate of drug-likeness (QED) is 0.886. The van der Waals surface area contributed by atoms with Gasteiger partial charge >= 0.3 is 0 Å². The smallest absolute Gasteiger partial charge is 0.122 e. The molecule has 0 aliphatic rings. The van der Waals surface area contributed by atoms with E-state index in [0.29, 0.717) is 13.2 Å². The van der Waals surface area contributed by atoms with Gasteiger partial charge < -0.3 is 10.5 Å². The molecule has 0 saturated heterocycles. The second-order valence-corrected chi connectivity index (χ2v) is 3.79. The van der Waals surface area contributed by atoms with Crippen LogP contribution >= 0.6 is 15.9 Å². The van der Waals surface area contributed by atoms with Gasteiger partial charge in [0.25, 0.3) is 0 Å². The van der Waals surface area contributed by atoms with Crippen molar-refractivity contribution < 1.29 is 4.74 Å². The largest absolute Gasteiger partial charge is 0.492 e. The third-order valence-corrected chi connectivity index (χ3v) is 2.91. The SMILES string of the molecule is Cc1c(Br)ccc(OCCN)c1C. The molecule has 0 fully saturated rings. The molecule has 0 aliphatic carbocycles. The van der Waals surface area contributed by atoms with Gasteiger partial charge in [-0.15, -0.1) is 0 Å². The lowest BCUT2D eigenvalue weighted by Crippen LogP contribution is -2.11. The van der Waals surface area contributed by atoms with Crippen LogP contribution in [-0.4, -0.2) is 13.2 Å². The highest BCUT2D eigenvalue weighted by atomic mass is 79.9. The number of nitrogens with two attached hydrogens (primary N) is 1. The summed E-state index contributed by atoms with van der Waals surface area (Å²) in [6.45, 7) is 5.23. The van der Waals surface area contributed by atoms with E-state index in [2.05, 4.69) is 22.9 Å². The van der Waals surface area contributed by atoms with Gasteiger partial charge in [-0.25, -0.2) is 0 Å². The fourth-order valence-corrected chi connectivity index (χ4v) is 1.52. The van der Waals surface area contributed by atoms with Crippen LogP contribution in [0.5, 0.6) is 5.75 Å². The van der Waals surface area contributed by atoms with Crippen LogP contribution in [0.4, 0.5) is 0 Å². The lowest BCUT2D eigenvalue weighted by atomic mass is 10.1. The van der Waals surface area contributed by atoms with E-state index < -0.39 is 0 Å². The fourth-order valence-electron chi connectivity index (χ4n) is 1.09. The van der Waals surface area contributed by atoms with Gasteiger partial charge in [0.2, 0.25) is 0 Å². The van der Waals surface area contributed by atoms with Gasteiger partial charge in [-0.05, 0) is 37.1 Å². The molecule has 0 bridgehead atoms. The van der Waals surface area contributed by atoms with E-state index in [1.165, 1.54) is 11.1 Å². The van der Waals surface area contributed by atoms with Crippen LogP contribution < -0.4 is 10.5 Å². The summed E-state index contributed by atoms with van der Waals surface area (Å²) >= 11 is 3.47. The molecule has 0 aromatic heterocycles. The van der Waals surface area contributed by atoms with E-state index in [1.54, 1.807) is 0 Å². The van der Waals surface area contributed by atoms with Crippen molar-refractivity contribution in [3.63, 3.8) is 0 Å². The Kier molecular flexibility index (Phi) is 3.75. The van der Waals surface area contributed by atoms with Crippen molar-refractivity contribution in [2.45, 2.75) is 13.8 Å². The van der Waals surface area contributed by atoms with Crippen LogP contribution in [0, 0.1) is 13.8 Å². The molecule has 3 heteroatoms. The molecule has 0 heterocycles. The molecule has 72 valence electrons. The fraction of sp³-hybridized carbons (Fsp3) is 0.400. The predicted octanol–water partition coefficient (Wildman–Crippen LogP) is 2.40. The Morgan fingerprint density at radius 1 is 1.31 bits per heavy atom. The monoisotopic (exact) mass is 243 g/mol. The first-order chi connectivity index (χ1) is 6.16. The van der Waals surface area contributed by atoms with Gasteiger partial charge in [0.15, 0.2) is 0 Å². The molecule has 1 aromatic rings. The number of hydrogen-bond acceptors (Lipinski definition) is 2. The highest BCUT2D eigenvalue weighted by Crippen LogP contribution is 2.27. The average Bonchev–Trinajstić information content (AvgIpc) is 2.13. The molecule has 0 radical (unpaired) electrons. The second kappa shape index (κ2) is 4.63. The Balaban J connectivity index is 2.90. The van der Waals surface area contributed by atoms with Crippen molar-refractivity contribution >= 4 is 15.9 Å². The van der Waals surface area contributed by atoms with Crippen molar-refractivity contribution in [1.82, 2.24) is 0 Å². The standard InChI is InChI=1S/C10H14BrNO/c1-7-8(2)10(13-6-5-12)4-3-9(7)11/h3-4H,5-6,12H2,1-2H3. The number of rotatable bonds is 3. The molecule has 13 heavy (non-hydrogen) atoms. The van der Waals surface area contributed by atoms with E-state index in [4.69, 9.17) is 10.5 Å². The van der Waals surface area contributed by atoms with Crippen molar-refractivity contribution in [2.75, 3.05) is 13.2 Å². The second-order valence-electron chi connectivity index (χ2n) is 2.93. The van der Waals surface area contributed by atoms with E-state index in [-0.39, 0.29) is 0 Å². The zero-order chi connectivity index (χ0) is 9.84. The minimum absolute atomic E-state index is 0.550. The minimum atomic E-state index is 0.550. The van der Waals surface area contributed by atoms with Crippen molar-refractivity contribution in [2.24, 2.45) is 5.73 Å². The molecule has 2 nitrogen and oxygen atoms in total. The summed E-state index contributed by atoms with van der Waals surface area (Å²) in [7, 11) is 0. The first kappa shape index (κ1) is 10.5. The molecule has 0 atom stereocenters. The summed E-state index contributed by atoms with van der Waals surface area (Å²) in [5, 5.41) is 0. The Hall–Kier alpha value is -0.540. The summed E-state index contributed by atoms with van der Waals surface area (Å²) in [4.78, 5) is 0. The average molecular weight is 244 g/mol. The van der Waals surface area contributed by atoms with E-state index >= 15 is 0 Å². The van der Waals surface area contributed by atoms with Crippen LogP contribution in [0.25, 0.3) is 0 Å². The molecular formula is C10H14BrNO. The number of halogens is 1. The molecule has 0 aliphatic heterocycles. The summed E-state index contributed by atoms with van der Waals surface area (Å²) < 4.78 is 6.59. The van der Waals surface area contributed by atoms with Crippen molar-refractivity contribution in [1.29, 1.82) is 0 Å². The van der Waals surface area contributed by atoms with Crippen LogP contribution in [-0.2, 0) is 0 Å². The van der Waals surface area contributed by atoms with E-state index in [9.17, 15) is 0 Å². The van der Waals surface area contributed by atoms with Gasteiger partial charge in [-0.3, -0.25) is 0 Å². The van der Waals surface area contributed by atoms with E-state index in [0.717, 1.165) is 10.2 Å². The van der Waals surface area contributed by atoms with Crippen LogP contribution in [0.15, 0.2) is 16.6 Å². The maximum Gasteiger partial charge on any atom is 0.122 e. The summed E-state index contributed by atoms with van der Waals surface area (Å²) in [5.41, 5.74) is 7.75. The normalized spacial score (nSPS) is 10.2. The van der Waals surface area contributed by atoms with Gasteiger partial charge in [-0.2, -0.15) is 0 Å². The number of benzene rings is 1. The molecule has 0 saturated carbocycles. The highest BCUT2D eigenvalue weighted by Gasteiger charge is 2.04. The van der Waals surface area contributed by atoms with Crippen molar-refractivity contribution in [3.05, 3.63) is 27.7 Å². The topological polar surface area (TPSA) is 35.2 Å². The van der Waals surface area contributed by atoms with Gasteiger partial charge in [0.05, 0.1) is 0 Å². The summed E-state index contributed by atoms with van der Waals surface area (Å²) in [5.74, 6) is 0.922. The van der Waals surface area contributed by atoms with Crippen LogP contribution in [0.1, 0.15) is 11.1 Å². The number of hydrogen-bond donors (Lipinski definition) is 1. The Labute approximate surface area is 87.2 Å². The zero-order valence-electron chi connectivity index (χ0n) is 7.93. The highest BCUT2D eigenvalue weighted by molar-refractivity contribution is 9.10. The summed E-state index contributed by atoms with van der Waals surface area (Å²) in [6.07, 6.45) is 0. The molecule has 2 N–H and O–H groups in total. The number of ether oxygens (including phenoxy) is 1. The van der Waals surface area contributed by atoms with Crippen LogP contribution in [0.2, 0.25) is 0 Å². The zero-order valence-corrected chi connectivity index (χ0v) is 9.52. The molecule has 0 unspecified atom stereocenters. The maximum atomic E-state index is 5.48. The minimum Gasteiger partial charge on any atom is -0.492 e. The van der Waals surface area contributed by atoms with Gasteiger partial charge in [-0.1, -0.05) is 15.9 Å². The molecular weight excluding hydrogens is 230 g/mol.